The third-order valence-corrected chi connectivity index (χ3v) is 3.91. The van der Waals surface area contributed by atoms with Gasteiger partial charge in [0, 0.05) is 16.4 Å². The molecule has 0 spiro atoms. The molecule has 0 atom stereocenters. The number of carbonyl (C=O) groups excluding carboxylic acids is 1. The van der Waals surface area contributed by atoms with Gasteiger partial charge in [-0.15, -0.1) is 0 Å². The van der Waals surface area contributed by atoms with E-state index in [0.29, 0.717) is 0 Å². The Hall–Kier alpha value is -0.224. The van der Waals surface area contributed by atoms with E-state index >= 15 is 0 Å². The topological polar surface area (TPSA) is 79.3 Å². The van der Waals surface area contributed by atoms with Gasteiger partial charge in [0.25, 0.3) is 0 Å². The van der Waals surface area contributed by atoms with Gasteiger partial charge in [-0.1, -0.05) is 15.9 Å². The summed E-state index contributed by atoms with van der Waals surface area (Å²) >= 11 is 4.15. The molecular weight excluding hydrogens is 395 g/mol. The predicted molar refractivity (Wildman–Crippen MR) is 91.8 cm³/mol. The quantitative estimate of drug-likeness (QED) is 0.586. The number of rotatable bonds is 5. The first-order chi connectivity index (χ1) is 10.1. The Bertz CT molecular complexity index is 667. The molecule has 0 aliphatic carbocycles. The average molecular weight is 407 g/mol. The molecule has 0 fully saturated rings. The van der Waals surface area contributed by atoms with E-state index in [1.807, 2.05) is 24.3 Å². The molecule has 22 heavy (non-hydrogen) atoms. The Kier molecular flexibility index (Phi) is 8.84. The molecule has 2 aromatic rings. The van der Waals surface area contributed by atoms with Gasteiger partial charge in [0.15, 0.2) is 0 Å². The van der Waals surface area contributed by atoms with Gasteiger partial charge in [0.05, 0.1) is 12.1 Å². The minimum atomic E-state index is -1.10. The molecule has 0 saturated carbocycles. The number of thioether (sulfide) groups is 1. The summed E-state index contributed by atoms with van der Waals surface area (Å²) in [5.41, 5.74) is 0.839. The number of aromatic carboxylic acids is 1. The normalized spacial score (nSPS) is 9.68. The van der Waals surface area contributed by atoms with Crippen LogP contribution in [0.4, 0.5) is 5.69 Å². The Balaban J connectivity index is 0.00000242. The van der Waals surface area contributed by atoms with Crippen LogP contribution in [0.2, 0.25) is 0 Å². The van der Waals surface area contributed by atoms with Crippen molar-refractivity contribution in [1.82, 2.24) is 4.98 Å². The van der Waals surface area contributed by atoms with Crippen molar-refractivity contribution in [2.45, 2.75) is 5.03 Å². The van der Waals surface area contributed by atoms with Crippen molar-refractivity contribution in [2.75, 3.05) is 11.9 Å². The van der Waals surface area contributed by atoms with Crippen LogP contribution >= 0.6 is 27.7 Å². The fourth-order valence-electron chi connectivity index (χ4n) is 1.52. The Labute approximate surface area is 182 Å². The summed E-state index contributed by atoms with van der Waals surface area (Å²) in [5, 5.41) is 12.0. The number of halogens is 1. The first-order valence-corrected chi connectivity index (χ1v) is 7.55. The number of pyridine rings is 1. The van der Waals surface area contributed by atoms with Crippen LogP contribution in [0.1, 0.15) is 10.4 Å². The molecule has 2 N–H and O–H groups in total. The van der Waals surface area contributed by atoms with Crippen molar-refractivity contribution >= 4 is 95.8 Å². The summed E-state index contributed by atoms with van der Waals surface area (Å²) < 4.78 is 0.952. The number of hydrogen-bond acceptors (Lipinski definition) is 5. The van der Waals surface area contributed by atoms with Gasteiger partial charge in [-0.05, 0) is 48.2 Å². The molecule has 0 aliphatic heterocycles. The molecule has 0 aliphatic rings. The first kappa shape index (κ1) is 19.8. The first-order valence-electron chi connectivity index (χ1n) is 5.94. The van der Waals surface area contributed by atoms with Crippen LogP contribution in [0, 0.1) is 0 Å². The summed E-state index contributed by atoms with van der Waals surface area (Å²) in [7, 11) is 0. The summed E-state index contributed by atoms with van der Waals surface area (Å²) in [6, 6.07) is 10.4. The number of aromatic nitrogens is 1. The van der Waals surface area contributed by atoms with Crippen LogP contribution in [0.3, 0.4) is 0 Å². The summed E-state index contributed by atoms with van der Waals surface area (Å²) in [5.74, 6) is -1.10. The van der Waals surface area contributed by atoms with E-state index in [9.17, 15) is 9.59 Å². The van der Waals surface area contributed by atoms with E-state index in [4.69, 9.17) is 5.11 Å². The molecule has 1 aromatic carbocycles. The molecule has 0 saturated heterocycles. The molecular formula is C14H12BrKN2O3S. The molecule has 0 radical (unpaired) electrons. The van der Waals surface area contributed by atoms with Gasteiger partial charge in [-0.3, -0.25) is 4.79 Å². The van der Waals surface area contributed by atoms with E-state index in [1.165, 1.54) is 18.3 Å². The molecule has 2 rings (SSSR count). The van der Waals surface area contributed by atoms with E-state index in [0.717, 1.165) is 21.9 Å². The van der Waals surface area contributed by atoms with Crippen molar-refractivity contribution in [3.8, 4) is 0 Å². The molecule has 110 valence electrons. The van der Waals surface area contributed by atoms with Crippen molar-refractivity contribution in [3.05, 3.63) is 52.6 Å². The zero-order valence-electron chi connectivity index (χ0n) is 10.7. The number of hydrogen-bond donors (Lipinski definition) is 2. The van der Waals surface area contributed by atoms with E-state index in [-0.39, 0.29) is 73.6 Å². The summed E-state index contributed by atoms with van der Waals surface area (Å²) in [6.07, 6.45) is 1.46. The molecule has 1 heterocycles. The Morgan fingerprint density at radius 3 is 2.55 bits per heavy atom. The second-order valence-corrected chi connectivity index (χ2v) is 5.96. The van der Waals surface area contributed by atoms with E-state index in [2.05, 4.69) is 26.2 Å². The van der Waals surface area contributed by atoms with Gasteiger partial charge >= 0.3 is 57.4 Å². The van der Waals surface area contributed by atoms with Crippen molar-refractivity contribution < 1.29 is 14.7 Å². The van der Waals surface area contributed by atoms with Crippen molar-refractivity contribution in [1.29, 1.82) is 0 Å². The van der Waals surface area contributed by atoms with Crippen LogP contribution < -0.4 is 5.32 Å². The van der Waals surface area contributed by atoms with Crippen molar-refractivity contribution in [2.24, 2.45) is 0 Å². The van der Waals surface area contributed by atoms with Crippen molar-refractivity contribution in [3.63, 3.8) is 0 Å². The Morgan fingerprint density at radius 2 is 1.91 bits per heavy atom. The summed E-state index contributed by atoms with van der Waals surface area (Å²) in [6.45, 7) is 0.0853. The van der Waals surface area contributed by atoms with Crippen LogP contribution in [0.25, 0.3) is 0 Å². The second-order valence-electron chi connectivity index (χ2n) is 4.00. The maximum absolute atomic E-state index is 11.9. The predicted octanol–water partition coefficient (Wildman–Crippen LogP) is 2.62. The number of carboxylic acids is 1. The van der Waals surface area contributed by atoms with E-state index < -0.39 is 5.97 Å². The second kappa shape index (κ2) is 9.81. The minimum absolute atomic E-state index is 0. The molecule has 0 unspecified atom stereocenters. The Morgan fingerprint density at radius 1 is 1.23 bits per heavy atom. The number of nitrogens with zero attached hydrogens (tertiary/aromatic N) is 1. The molecule has 8 heteroatoms. The van der Waals surface area contributed by atoms with Crippen LogP contribution in [0.15, 0.2) is 52.1 Å². The fourth-order valence-corrected chi connectivity index (χ4v) is 2.52. The zero-order valence-corrected chi connectivity index (χ0v) is 13.1. The van der Waals surface area contributed by atoms with Gasteiger partial charge in [-0.2, -0.15) is 0 Å². The monoisotopic (exact) mass is 406 g/mol. The van der Waals surface area contributed by atoms with Gasteiger partial charge in [-0.25, -0.2) is 9.78 Å². The van der Waals surface area contributed by atoms with Gasteiger partial charge in [0.1, 0.15) is 5.03 Å². The fraction of sp³-hybridized carbons (Fsp3) is 0.0714. The number of benzene rings is 1. The number of carbonyl (C=O) groups is 2. The molecule has 0 bridgehead atoms. The van der Waals surface area contributed by atoms with Crippen LogP contribution in [0.5, 0.6) is 0 Å². The number of carboxylic acid groups (broad SMARTS) is 1. The third kappa shape index (κ3) is 6.11. The number of anilines is 1. The molecule has 5 nitrogen and oxygen atoms in total. The third-order valence-electron chi connectivity index (χ3n) is 2.49. The maximum atomic E-state index is 11.9. The van der Waals surface area contributed by atoms with Crippen LogP contribution in [-0.4, -0.2) is 79.1 Å². The zero-order chi connectivity index (χ0) is 15.2. The van der Waals surface area contributed by atoms with E-state index in [1.54, 1.807) is 0 Å². The summed E-state index contributed by atoms with van der Waals surface area (Å²) in [4.78, 5) is 26.8. The SMILES string of the molecule is O=C(CNc1ccc(Br)cc1)Sc1ncccc1C(=O)O.[KH]. The molecule has 1 aromatic heterocycles. The van der Waals surface area contributed by atoms with Crippen LogP contribution in [-0.2, 0) is 4.79 Å². The van der Waals surface area contributed by atoms with Gasteiger partial charge in [0.2, 0.25) is 5.12 Å². The number of nitrogens with one attached hydrogen (secondary N) is 1. The average Bonchev–Trinajstić information content (AvgIpc) is 2.47. The van der Waals surface area contributed by atoms with Gasteiger partial charge < -0.3 is 10.4 Å². The standard InChI is InChI=1S/C14H11BrN2O3S.K.H/c15-9-3-5-10(6-4-9)17-8-12(18)21-13-11(14(19)20)2-1-7-16-13;;/h1-7,17H,8H2,(H,19,20);;. The molecule has 0 amide bonds.